The van der Waals surface area contributed by atoms with Crippen molar-refractivity contribution in [2.45, 2.75) is 38.7 Å². The van der Waals surface area contributed by atoms with Gasteiger partial charge in [-0.1, -0.05) is 42.5 Å². The van der Waals surface area contributed by atoms with Crippen LogP contribution < -0.4 is 9.47 Å². The molecule has 0 unspecified atom stereocenters. The highest BCUT2D eigenvalue weighted by molar-refractivity contribution is 5.88. The van der Waals surface area contributed by atoms with Crippen molar-refractivity contribution in [2.24, 2.45) is 0 Å². The van der Waals surface area contributed by atoms with Gasteiger partial charge in [-0.05, 0) is 74.3 Å². The van der Waals surface area contributed by atoms with Crippen LogP contribution in [-0.4, -0.2) is 48.5 Å². The van der Waals surface area contributed by atoms with E-state index in [1.807, 2.05) is 6.07 Å². The zero-order valence-corrected chi connectivity index (χ0v) is 19.9. The highest BCUT2D eigenvalue weighted by Crippen LogP contribution is 2.31. The van der Waals surface area contributed by atoms with Gasteiger partial charge in [-0.25, -0.2) is 0 Å². The molecule has 3 aromatic carbocycles. The number of ether oxygens (including phenoxy) is 2. The minimum atomic E-state index is -0.878. The van der Waals surface area contributed by atoms with Crippen molar-refractivity contribution in [1.82, 2.24) is 4.90 Å². The molecule has 0 spiro atoms. The maximum atomic E-state index is 10.1. The summed E-state index contributed by atoms with van der Waals surface area (Å²) >= 11 is 0. The second kappa shape index (κ2) is 11.0. The molecular formula is C27H34ClNO3. The average Bonchev–Trinajstić information content (AvgIpc) is 3.27. The normalized spacial score (nSPS) is 14.3. The Bertz CT molecular complexity index is 992. The van der Waals surface area contributed by atoms with Gasteiger partial charge in [-0.15, -0.1) is 12.4 Å². The van der Waals surface area contributed by atoms with Crippen molar-refractivity contribution < 1.29 is 14.6 Å². The minimum Gasteiger partial charge on any atom is -0.492 e. The average molecular weight is 456 g/mol. The fraction of sp³-hybridized carbons (Fsp3) is 0.407. The zero-order chi connectivity index (χ0) is 21.7. The van der Waals surface area contributed by atoms with E-state index in [0.717, 1.165) is 36.6 Å². The van der Waals surface area contributed by atoms with Crippen molar-refractivity contribution in [3.05, 3.63) is 71.8 Å². The van der Waals surface area contributed by atoms with Crippen molar-refractivity contribution in [1.29, 1.82) is 0 Å². The van der Waals surface area contributed by atoms with Crippen LogP contribution in [0.15, 0.2) is 60.7 Å². The van der Waals surface area contributed by atoms with Crippen molar-refractivity contribution in [3.8, 4) is 11.5 Å². The number of aliphatic hydroxyl groups is 1. The Kier molecular flexibility index (Phi) is 8.41. The van der Waals surface area contributed by atoms with E-state index >= 15 is 0 Å². The van der Waals surface area contributed by atoms with Gasteiger partial charge >= 0.3 is 0 Å². The third-order valence-electron chi connectivity index (χ3n) is 5.76. The molecule has 5 heteroatoms. The summed E-state index contributed by atoms with van der Waals surface area (Å²) in [6, 6.07) is 20.8. The molecule has 0 saturated carbocycles. The molecule has 4 nitrogen and oxygen atoms in total. The minimum absolute atomic E-state index is 0. The van der Waals surface area contributed by atoms with E-state index in [4.69, 9.17) is 9.47 Å². The predicted molar refractivity (Wildman–Crippen MR) is 133 cm³/mol. The van der Waals surface area contributed by atoms with Crippen LogP contribution >= 0.6 is 12.4 Å². The van der Waals surface area contributed by atoms with Crippen LogP contribution in [0.1, 0.15) is 37.8 Å². The number of nitrogens with zero attached hydrogens (tertiary/aromatic N) is 1. The number of likely N-dealkylation sites (tertiary alicyclic amines) is 1. The van der Waals surface area contributed by atoms with Crippen LogP contribution in [0.25, 0.3) is 10.8 Å². The van der Waals surface area contributed by atoms with Gasteiger partial charge in [0.05, 0.1) is 5.60 Å². The first-order chi connectivity index (χ1) is 15.0. The number of rotatable bonds is 9. The SMILES string of the molecule is CC(C)(O)COc1ccc2ccccc2c1Cc1ccc(OCCN2CCCC2)cc1.Cl. The third-order valence-corrected chi connectivity index (χ3v) is 5.76. The second-order valence-electron chi connectivity index (χ2n) is 9.08. The molecule has 1 heterocycles. The van der Waals surface area contributed by atoms with E-state index in [9.17, 15) is 5.11 Å². The van der Waals surface area contributed by atoms with Gasteiger partial charge in [-0.2, -0.15) is 0 Å². The summed E-state index contributed by atoms with van der Waals surface area (Å²) in [5, 5.41) is 12.5. The number of benzene rings is 3. The Morgan fingerprint density at radius 1 is 0.906 bits per heavy atom. The monoisotopic (exact) mass is 455 g/mol. The fourth-order valence-electron chi connectivity index (χ4n) is 4.09. The van der Waals surface area contributed by atoms with Gasteiger partial charge in [0.25, 0.3) is 0 Å². The predicted octanol–water partition coefficient (Wildman–Crippen LogP) is 5.48. The van der Waals surface area contributed by atoms with E-state index in [1.165, 1.54) is 42.3 Å². The quantitative estimate of drug-likeness (QED) is 0.464. The Morgan fingerprint density at radius 2 is 1.62 bits per heavy atom. The molecule has 0 atom stereocenters. The van der Waals surface area contributed by atoms with E-state index in [2.05, 4.69) is 59.5 Å². The molecule has 0 aliphatic carbocycles. The molecule has 0 aromatic heterocycles. The molecular weight excluding hydrogens is 422 g/mol. The molecule has 1 aliphatic rings. The highest BCUT2D eigenvalue weighted by Gasteiger charge is 2.16. The van der Waals surface area contributed by atoms with Crippen LogP contribution in [0.3, 0.4) is 0 Å². The first-order valence-electron chi connectivity index (χ1n) is 11.3. The van der Waals surface area contributed by atoms with E-state index in [0.29, 0.717) is 0 Å². The van der Waals surface area contributed by atoms with Gasteiger partial charge < -0.3 is 14.6 Å². The maximum Gasteiger partial charge on any atom is 0.123 e. The number of halogens is 1. The Balaban J connectivity index is 0.00000289. The molecule has 0 radical (unpaired) electrons. The van der Waals surface area contributed by atoms with Crippen LogP contribution in [0, 0.1) is 0 Å². The molecule has 172 valence electrons. The van der Waals surface area contributed by atoms with Crippen LogP contribution in [0.4, 0.5) is 0 Å². The second-order valence-corrected chi connectivity index (χ2v) is 9.08. The standard InChI is InChI=1S/C27H33NO3.ClH/c1-27(2,29)20-31-26-14-11-22-7-3-4-8-24(22)25(26)19-21-9-12-23(13-10-21)30-18-17-28-15-5-6-16-28;/h3-4,7-14,29H,5-6,15-20H2,1-2H3;1H. The van der Waals surface area contributed by atoms with Crippen molar-refractivity contribution in [3.63, 3.8) is 0 Å². The zero-order valence-electron chi connectivity index (χ0n) is 19.0. The molecule has 1 saturated heterocycles. The molecule has 32 heavy (non-hydrogen) atoms. The molecule has 1 aliphatic heterocycles. The Labute approximate surface area is 197 Å². The summed E-state index contributed by atoms with van der Waals surface area (Å²) in [4.78, 5) is 2.46. The number of hydrogen-bond donors (Lipinski definition) is 1. The Hall–Kier alpha value is -2.27. The summed E-state index contributed by atoms with van der Waals surface area (Å²) in [7, 11) is 0. The first kappa shape index (κ1) is 24.4. The fourth-order valence-corrected chi connectivity index (χ4v) is 4.09. The van der Waals surface area contributed by atoms with Crippen molar-refractivity contribution in [2.75, 3.05) is 32.8 Å². The maximum absolute atomic E-state index is 10.1. The lowest BCUT2D eigenvalue weighted by atomic mass is 9.97. The summed E-state index contributed by atoms with van der Waals surface area (Å²) in [5.74, 6) is 1.74. The third kappa shape index (κ3) is 6.61. The summed E-state index contributed by atoms with van der Waals surface area (Å²) in [6.07, 6.45) is 3.38. The largest absolute Gasteiger partial charge is 0.492 e. The lowest BCUT2D eigenvalue weighted by molar-refractivity contribution is 0.0282. The number of fused-ring (bicyclic) bond motifs is 1. The number of hydrogen-bond acceptors (Lipinski definition) is 4. The lowest BCUT2D eigenvalue weighted by Gasteiger charge is -2.20. The van der Waals surface area contributed by atoms with Crippen LogP contribution in [0.5, 0.6) is 11.5 Å². The van der Waals surface area contributed by atoms with Gasteiger partial charge in [-0.3, -0.25) is 4.90 Å². The molecule has 0 bridgehead atoms. The molecule has 3 aromatic rings. The van der Waals surface area contributed by atoms with E-state index < -0.39 is 5.60 Å². The molecule has 4 rings (SSSR count). The molecule has 0 amide bonds. The van der Waals surface area contributed by atoms with E-state index in [-0.39, 0.29) is 19.0 Å². The Morgan fingerprint density at radius 3 is 2.34 bits per heavy atom. The van der Waals surface area contributed by atoms with Gasteiger partial charge in [0.2, 0.25) is 0 Å². The van der Waals surface area contributed by atoms with Crippen LogP contribution in [-0.2, 0) is 6.42 Å². The topological polar surface area (TPSA) is 41.9 Å². The lowest BCUT2D eigenvalue weighted by Crippen LogP contribution is -2.28. The summed E-state index contributed by atoms with van der Waals surface area (Å²) < 4.78 is 12.0. The van der Waals surface area contributed by atoms with Gasteiger partial charge in [0.1, 0.15) is 24.7 Å². The summed E-state index contributed by atoms with van der Waals surface area (Å²) in [5.41, 5.74) is 1.47. The van der Waals surface area contributed by atoms with E-state index in [1.54, 1.807) is 13.8 Å². The summed E-state index contributed by atoms with van der Waals surface area (Å²) in [6.45, 7) is 7.90. The van der Waals surface area contributed by atoms with Crippen LogP contribution in [0.2, 0.25) is 0 Å². The smallest absolute Gasteiger partial charge is 0.123 e. The molecule has 1 fully saturated rings. The van der Waals surface area contributed by atoms with Crippen molar-refractivity contribution >= 4 is 23.2 Å². The molecule has 1 N–H and O–H groups in total. The van der Waals surface area contributed by atoms with Gasteiger partial charge in [0.15, 0.2) is 0 Å². The highest BCUT2D eigenvalue weighted by atomic mass is 35.5. The first-order valence-corrected chi connectivity index (χ1v) is 11.3. The van der Waals surface area contributed by atoms with Gasteiger partial charge in [0, 0.05) is 18.5 Å².